The molecular formula is C14H24N2S. The highest BCUT2D eigenvalue weighted by atomic mass is 32.2. The Morgan fingerprint density at radius 2 is 1.94 bits per heavy atom. The summed E-state index contributed by atoms with van der Waals surface area (Å²) in [6, 6.07) is 0. The minimum atomic E-state index is 0.812. The van der Waals surface area contributed by atoms with Gasteiger partial charge in [0, 0.05) is 11.8 Å². The summed E-state index contributed by atoms with van der Waals surface area (Å²) in [5.41, 5.74) is 0. The third-order valence-corrected chi connectivity index (χ3v) is 5.71. The maximum atomic E-state index is 4.63. The number of hydrogen-bond donors (Lipinski definition) is 1. The molecule has 1 aliphatic heterocycles. The van der Waals surface area contributed by atoms with Crippen molar-refractivity contribution >= 4 is 16.9 Å². The third-order valence-electron chi connectivity index (χ3n) is 4.38. The summed E-state index contributed by atoms with van der Waals surface area (Å²) in [7, 11) is 0. The van der Waals surface area contributed by atoms with E-state index in [4.69, 9.17) is 0 Å². The zero-order valence-corrected chi connectivity index (χ0v) is 11.5. The molecule has 1 unspecified atom stereocenters. The van der Waals surface area contributed by atoms with Gasteiger partial charge in [0.2, 0.25) is 0 Å². The van der Waals surface area contributed by atoms with Crippen molar-refractivity contribution in [3.63, 3.8) is 0 Å². The van der Waals surface area contributed by atoms with Crippen molar-refractivity contribution < 1.29 is 0 Å². The molecule has 2 fully saturated rings. The summed E-state index contributed by atoms with van der Waals surface area (Å²) in [6.07, 6.45) is 11.6. The fraction of sp³-hybridized carbons (Fsp3) is 0.929. The number of hydrogen-bond acceptors (Lipinski definition) is 3. The van der Waals surface area contributed by atoms with Gasteiger partial charge in [-0.15, -0.1) is 0 Å². The van der Waals surface area contributed by atoms with Gasteiger partial charge in [-0.05, 0) is 31.1 Å². The van der Waals surface area contributed by atoms with E-state index in [-0.39, 0.29) is 0 Å². The van der Waals surface area contributed by atoms with Crippen LogP contribution in [0.1, 0.15) is 51.4 Å². The fourth-order valence-electron chi connectivity index (χ4n) is 3.06. The molecule has 1 N–H and O–H groups in total. The van der Waals surface area contributed by atoms with Crippen molar-refractivity contribution in [2.24, 2.45) is 16.8 Å². The second kappa shape index (κ2) is 5.64. The molecule has 1 atom stereocenters. The maximum absolute atomic E-state index is 4.63. The van der Waals surface area contributed by atoms with Crippen LogP contribution in [0.2, 0.25) is 0 Å². The molecule has 17 heavy (non-hydrogen) atoms. The number of rotatable bonds is 4. The Bertz CT molecular complexity index is 280. The van der Waals surface area contributed by atoms with Gasteiger partial charge in [0.05, 0.1) is 6.54 Å². The number of aliphatic imine (C=N–C) groups is 1. The van der Waals surface area contributed by atoms with Crippen LogP contribution in [0.4, 0.5) is 0 Å². The lowest BCUT2D eigenvalue weighted by Gasteiger charge is -2.21. The molecule has 0 aromatic rings. The van der Waals surface area contributed by atoms with E-state index in [2.05, 4.69) is 10.3 Å². The lowest BCUT2D eigenvalue weighted by atomic mass is 9.87. The zero-order valence-electron chi connectivity index (χ0n) is 10.7. The Labute approximate surface area is 109 Å². The van der Waals surface area contributed by atoms with Crippen molar-refractivity contribution in [1.29, 1.82) is 0 Å². The maximum Gasteiger partial charge on any atom is 0.156 e. The molecule has 0 amide bonds. The van der Waals surface area contributed by atoms with E-state index in [1.807, 2.05) is 11.8 Å². The topological polar surface area (TPSA) is 24.4 Å². The SMILES string of the molecule is C1CCC(CCNC2=NCC(C3CC3)S2)CC1. The molecule has 0 radical (unpaired) electrons. The Hall–Kier alpha value is -0.180. The Balaban J connectivity index is 1.31. The van der Waals surface area contributed by atoms with E-state index in [9.17, 15) is 0 Å². The molecule has 3 aliphatic rings. The Morgan fingerprint density at radius 1 is 1.12 bits per heavy atom. The molecule has 0 saturated heterocycles. The third kappa shape index (κ3) is 3.40. The highest BCUT2D eigenvalue weighted by molar-refractivity contribution is 8.14. The van der Waals surface area contributed by atoms with Crippen molar-refractivity contribution in [3.8, 4) is 0 Å². The van der Waals surface area contributed by atoms with Crippen LogP contribution in [0.25, 0.3) is 0 Å². The average Bonchev–Trinajstić information content (AvgIpc) is 3.11. The van der Waals surface area contributed by atoms with Gasteiger partial charge in [0.15, 0.2) is 5.17 Å². The second-order valence-corrected chi connectivity index (χ2v) is 7.09. The molecule has 0 spiro atoms. The smallest absolute Gasteiger partial charge is 0.156 e. The van der Waals surface area contributed by atoms with Crippen molar-refractivity contribution in [2.45, 2.75) is 56.6 Å². The predicted molar refractivity (Wildman–Crippen MR) is 75.6 cm³/mol. The summed E-state index contributed by atoms with van der Waals surface area (Å²) in [6.45, 7) is 2.22. The van der Waals surface area contributed by atoms with Crippen molar-refractivity contribution in [1.82, 2.24) is 5.32 Å². The lowest BCUT2D eigenvalue weighted by molar-refractivity contribution is 0.339. The minimum absolute atomic E-state index is 0.812. The summed E-state index contributed by atoms with van der Waals surface area (Å²) >= 11 is 2.01. The molecule has 2 saturated carbocycles. The van der Waals surface area contributed by atoms with Crippen LogP contribution in [0, 0.1) is 11.8 Å². The Kier molecular flexibility index (Phi) is 3.94. The summed E-state index contributed by atoms with van der Waals surface area (Å²) < 4.78 is 0. The van der Waals surface area contributed by atoms with Gasteiger partial charge in [-0.25, -0.2) is 0 Å². The Morgan fingerprint density at radius 3 is 2.71 bits per heavy atom. The molecule has 0 aromatic heterocycles. The van der Waals surface area contributed by atoms with Crippen LogP contribution in [-0.4, -0.2) is 23.5 Å². The van der Waals surface area contributed by atoms with Crippen LogP contribution in [0.5, 0.6) is 0 Å². The van der Waals surface area contributed by atoms with Gasteiger partial charge in [-0.3, -0.25) is 4.99 Å². The predicted octanol–water partition coefficient (Wildman–Crippen LogP) is 3.43. The summed E-state index contributed by atoms with van der Waals surface area (Å²) in [4.78, 5) is 4.63. The summed E-state index contributed by atoms with van der Waals surface area (Å²) in [5.74, 6) is 1.98. The molecule has 3 heteroatoms. The highest BCUT2D eigenvalue weighted by Gasteiger charge is 2.35. The molecule has 0 aromatic carbocycles. The van der Waals surface area contributed by atoms with Gasteiger partial charge in [-0.2, -0.15) is 0 Å². The molecular weight excluding hydrogens is 228 g/mol. The van der Waals surface area contributed by atoms with Crippen LogP contribution in [0.15, 0.2) is 4.99 Å². The van der Waals surface area contributed by atoms with Gasteiger partial charge in [-0.1, -0.05) is 43.9 Å². The monoisotopic (exact) mass is 252 g/mol. The quantitative estimate of drug-likeness (QED) is 0.829. The van der Waals surface area contributed by atoms with Crippen LogP contribution < -0.4 is 5.32 Å². The number of thioether (sulfide) groups is 1. The van der Waals surface area contributed by atoms with Gasteiger partial charge < -0.3 is 5.32 Å². The zero-order chi connectivity index (χ0) is 11.5. The lowest BCUT2D eigenvalue weighted by Crippen LogP contribution is -2.23. The highest BCUT2D eigenvalue weighted by Crippen LogP contribution is 2.41. The molecule has 2 aliphatic carbocycles. The van der Waals surface area contributed by atoms with Gasteiger partial charge in [0.25, 0.3) is 0 Å². The van der Waals surface area contributed by atoms with Crippen LogP contribution in [0.3, 0.4) is 0 Å². The molecule has 96 valence electrons. The first-order valence-electron chi connectivity index (χ1n) is 7.37. The number of nitrogens with zero attached hydrogens (tertiary/aromatic N) is 1. The van der Waals surface area contributed by atoms with Crippen molar-refractivity contribution in [2.75, 3.05) is 13.1 Å². The number of nitrogens with one attached hydrogen (secondary N) is 1. The van der Waals surface area contributed by atoms with E-state index >= 15 is 0 Å². The number of amidine groups is 1. The van der Waals surface area contributed by atoms with Crippen molar-refractivity contribution in [3.05, 3.63) is 0 Å². The average molecular weight is 252 g/mol. The molecule has 3 rings (SSSR count). The van der Waals surface area contributed by atoms with Gasteiger partial charge in [0.1, 0.15) is 0 Å². The van der Waals surface area contributed by atoms with E-state index in [1.165, 1.54) is 56.5 Å². The molecule has 1 heterocycles. The van der Waals surface area contributed by atoms with Gasteiger partial charge >= 0.3 is 0 Å². The standard InChI is InChI=1S/C14H24N2S/c1-2-4-11(5-3-1)8-9-15-14-16-10-13(17-14)12-6-7-12/h11-13H,1-10H2,(H,15,16). The molecule has 0 bridgehead atoms. The normalized spacial score (nSPS) is 30.4. The van der Waals surface area contributed by atoms with E-state index < -0.39 is 0 Å². The summed E-state index contributed by atoms with van der Waals surface area (Å²) in [5, 5.41) is 5.60. The largest absolute Gasteiger partial charge is 0.365 e. The first-order chi connectivity index (χ1) is 8.42. The van der Waals surface area contributed by atoms with Crippen LogP contribution >= 0.6 is 11.8 Å². The first-order valence-corrected chi connectivity index (χ1v) is 8.25. The van der Waals surface area contributed by atoms with E-state index in [0.29, 0.717) is 0 Å². The minimum Gasteiger partial charge on any atom is -0.365 e. The van der Waals surface area contributed by atoms with Crippen LogP contribution in [-0.2, 0) is 0 Å². The molecule has 2 nitrogen and oxygen atoms in total. The van der Waals surface area contributed by atoms with E-state index in [0.717, 1.165) is 30.2 Å². The fourth-order valence-corrected chi connectivity index (χ4v) is 4.30. The van der Waals surface area contributed by atoms with E-state index in [1.54, 1.807) is 0 Å². The first kappa shape index (κ1) is 11.9. The second-order valence-electron chi connectivity index (χ2n) is 5.86.